The highest BCUT2D eigenvalue weighted by atomic mass is 16.3. The predicted octanol–water partition coefficient (Wildman–Crippen LogP) is 2.37. The third-order valence-corrected chi connectivity index (χ3v) is 2.90. The van der Waals surface area contributed by atoms with Gasteiger partial charge in [0.15, 0.2) is 0 Å². The summed E-state index contributed by atoms with van der Waals surface area (Å²) >= 11 is 0. The fourth-order valence-electron chi connectivity index (χ4n) is 2.19. The lowest BCUT2D eigenvalue weighted by Gasteiger charge is -2.24. The third kappa shape index (κ3) is 1.32. The summed E-state index contributed by atoms with van der Waals surface area (Å²) in [5.41, 5.74) is 9.20. The second-order valence-electron chi connectivity index (χ2n) is 3.77. The minimum atomic E-state index is 0.0545. The summed E-state index contributed by atoms with van der Waals surface area (Å²) in [5, 5.41) is 9.70. The minimum absolute atomic E-state index is 0.0545. The van der Waals surface area contributed by atoms with Crippen molar-refractivity contribution in [3.8, 4) is 5.75 Å². The number of hydrogen-bond donors (Lipinski definition) is 2. The number of phenolic OH excluding ortho intramolecular Hbond substituents is 1. The molecule has 74 valence electrons. The van der Waals surface area contributed by atoms with Gasteiger partial charge in [0.2, 0.25) is 0 Å². The van der Waals surface area contributed by atoms with Crippen molar-refractivity contribution in [2.75, 3.05) is 0 Å². The zero-order chi connectivity index (χ0) is 10.1. The maximum Gasteiger partial charge on any atom is 0.119 e. The van der Waals surface area contributed by atoms with Crippen LogP contribution in [0.5, 0.6) is 5.75 Å². The molecule has 0 amide bonds. The van der Waals surface area contributed by atoms with E-state index in [4.69, 9.17) is 5.73 Å². The van der Waals surface area contributed by atoms with Crippen LogP contribution in [0.15, 0.2) is 18.7 Å². The molecule has 0 bridgehead atoms. The maximum atomic E-state index is 9.70. The summed E-state index contributed by atoms with van der Waals surface area (Å²) in [4.78, 5) is 0. The molecule has 0 aromatic heterocycles. The van der Waals surface area contributed by atoms with E-state index >= 15 is 0 Å². The van der Waals surface area contributed by atoms with Gasteiger partial charge >= 0.3 is 0 Å². The highest BCUT2D eigenvalue weighted by Crippen LogP contribution is 2.36. The van der Waals surface area contributed by atoms with Crippen LogP contribution in [0.25, 0.3) is 6.08 Å². The van der Waals surface area contributed by atoms with Crippen molar-refractivity contribution in [1.29, 1.82) is 0 Å². The molecule has 1 aliphatic rings. The molecule has 0 saturated heterocycles. The van der Waals surface area contributed by atoms with Gasteiger partial charge in [0.1, 0.15) is 5.75 Å². The van der Waals surface area contributed by atoms with Crippen molar-refractivity contribution >= 4 is 6.08 Å². The Morgan fingerprint density at radius 2 is 2.29 bits per heavy atom. The second-order valence-corrected chi connectivity index (χ2v) is 3.77. The Morgan fingerprint density at radius 1 is 1.50 bits per heavy atom. The molecule has 3 N–H and O–H groups in total. The van der Waals surface area contributed by atoms with E-state index in [1.165, 1.54) is 0 Å². The molecule has 0 aliphatic heterocycles. The summed E-state index contributed by atoms with van der Waals surface area (Å²) in [6, 6.07) is 3.67. The molecule has 0 saturated carbocycles. The number of rotatable bonds is 1. The molecule has 2 nitrogen and oxygen atoms in total. The number of phenols is 1. The van der Waals surface area contributed by atoms with Gasteiger partial charge in [-0.05, 0) is 42.0 Å². The van der Waals surface area contributed by atoms with Crippen LogP contribution in [0.4, 0.5) is 0 Å². The zero-order valence-electron chi connectivity index (χ0n) is 8.16. The quantitative estimate of drug-likeness (QED) is 0.712. The molecule has 0 radical (unpaired) electrons. The second kappa shape index (κ2) is 3.46. The van der Waals surface area contributed by atoms with Crippen LogP contribution >= 0.6 is 0 Å². The lowest BCUT2D eigenvalue weighted by atomic mass is 9.84. The van der Waals surface area contributed by atoms with E-state index in [-0.39, 0.29) is 6.04 Å². The van der Waals surface area contributed by atoms with Gasteiger partial charge in [-0.15, -0.1) is 0 Å². The number of fused-ring (bicyclic) bond motifs is 1. The van der Waals surface area contributed by atoms with Gasteiger partial charge in [-0.2, -0.15) is 0 Å². The molecule has 14 heavy (non-hydrogen) atoms. The third-order valence-electron chi connectivity index (χ3n) is 2.90. The molecular weight excluding hydrogens is 174 g/mol. The molecule has 2 heteroatoms. The summed E-state index contributed by atoms with van der Waals surface area (Å²) in [5.74, 6) is 0.376. The fourth-order valence-corrected chi connectivity index (χ4v) is 2.19. The van der Waals surface area contributed by atoms with Gasteiger partial charge in [-0.1, -0.05) is 18.7 Å². The van der Waals surface area contributed by atoms with Gasteiger partial charge in [0.05, 0.1) is 0 Å². The van der Waals surface area contributed by atoms with E-state index in [0.29, 0.717) is 5.75 Å². The Bertz CT molecular complexity index is 371. The fraction of sp³-hybridized carbons (Fsp3) is 0.333. The molecule has 1 aromatic rings. The number of benzene rings is 1. The molecule has 2 rings (SSSR count). The zero-order valence-corrected chi connectivity index (χ0v) is 8.16. The SMILES string of the molecule is C=Cc1ccc(O)c2c1[C@H](N)CCC2. The largest absolute Gasteiger partial charge is 0.508 e. The first-order valence-corrected chi connectivity index (χ1v) is 4.97. The first-order chi connectivity index (χ1) is 6.74. The Balaban J connectivity index is 2.63. The lowest BCUT2D eigenvalue weighted by molar-refractivity contribution is 0.455. The van der Waals surface area contributed by atoms with Crippen molar-refractivity contribution < 1.29 is 5.11 Å². The van der Waals surface area contributed by atoms with Crippen molar-refractivity contribution in [3.05, 3.63) is 35.4 Å². The Morgan fingerprint density at radius 3 is 3.00 bits per heavy atom. The predicted molar refractivity (Wildman–Crippen MR) is 58.1 cm³/mol. The summed E-state index contributed by atoms with van der Waals surface area (Å²) in [6.07, 6.45) is 4.79. The van der Waals surface area contributed by atoms with E-state index < -0.39 is 0 Å². The first-order valence-electron chi connectivity index (χ1n) is 4.97. The lowest BCUT2D eigenvalue weighted by Crippen LogP contribution is -2.18. The molecule has 0 fully saturated rings. The topological polar surface area (TPSA) is 46.2 Å². The molecule has 0 unspecified atom stereocenters. The van der Waals surface area contributed by atoms with Crippen LogP contribution in [0.2, 0.25) is 0 Å². The van der Waals surface area contributed by atoms with Gasteiger partial charge in [-0.3, -0.25) is 0 Å². The molecule has 0 heterocycles. The summed E-state index contributed by atoms with van der Waals surface area (Å²) in [7, 11) is 0. The average molecular weight is 189 g/mol. The van der Waals surface area contributed by atoms with Crippen LogP contribution in [0.3, 0.4) is 0 Å². The number of nitrogens with two attached hydrogens (primary N) is 1. The maximum absolute atomic E-state index is 9.70. The van der Waals surface area contributed by atoms with E-state index in [1.807, 2.05) is 12.1 Å². The highest BCUT2D eigenvalue weighted by Gasteiger charge is 2.21. The van der Waals surface area contributed by atoms with Gasteiger partial charge in [0, 0.05) is 6.04 Å². The molecule has 0 spiro atoms. The van der Waals surface area contributed by atoms with Crippen molar-refractivity contribution in [3.63, 3.8) is 0 Å². The van der Waals surface area contributed by atoms with Crippen LogP contribution in [-0.4, -0.2) is 5.11 Å². The monoisotopic (exact) mass is 189 g/mol. The van der Waals surface area contributed by atoms with Crippen molar-refractivity contribution in [2.24, 2.45) is 5.73 Å². The van der Waals surface area contributed by atoms with Crippen molar-refractivity contribution in [2.45, 2.75) is 25.3 Å². The Hall–Kier alpha value is -1.28. The van der Waals surface area contributed by atoms with Gasteiger partial charge in [0.25, 0.3) is 0 Å². The van der Waals surface area contributed by atoms with E-state index in [9.17, 15) is 5.11 Å². The van der Waals surface area contributed by atoms with E-state index in [1.54, 1.807) is 6.07 Å². The molecule has 1 atom stereocenters. The number of aromatic hydroxyl groups is 1. The summed E-state index contributed by atoms with van der Waals surface area (Å²) < 4.78 is 0. The molecule has 1 aliphatic carbocycles. The minimum Gasteiger partial charge on any atom is -0.508 e. The number of hydrogen-bond acceptors (Lipinski definition) is 2. The van der Waals surface area contributed by atoms with Crippen LogP contribution in [-0.2, 0) is 6.42 Å². The van der Waals surface area contributed by atoms with Gasteiger partial charge < -0.3 is 10.8 Å². The normalized spacial score (nSPS) is 20.2. The smallest absolute Gasteiger partial charge is 0.119 e. The first kappa shape index (κ1) is 9.28. The van der Waals surface area contributed by atoms with Crippen LogP contribution < -0.4 is 5.73 Å². The van der Waals surface area contributed by atoms with Crippen LogP contribution in [0, 0.1) is 0 Å². The molecule has 1 aromatic carbocycles. The standard InChI is InChI=1S/C12H15NO/c1-2-8-6-7-11(14)9-4-3-5-10(13)12(8)9/h2,6-7,10,14H,1,3-5,13H2/t10-/m1/s1. The Labute approximate surface area is 84.1 Å². The molecular formula is C12H15NO. The Kier molecular flexibility index (Phi) is 2.30. The highest BCUT2D eigenvalue weighted by molar-refractivity contribution is 5.59. The van der Waals surface area contributed by atoms with E-state index in [0.717, 1.165) is 36.0 Å². The van der Waals surface area contributed by atoms with Gasteiger partial charge in [-0.25, -0.2) is 0 Å². The van der Waals surface area contributed by atoms with Crippen LogP contribution in [0.1, 0.15) is 35.6 Å². The summed E-state index contributed by atoms with van der Waals surface area (Å²) in [6.45, 7) is 3.77. The average Bonchev–Trinajstić information content (AvgIpc) is 2.20. The van der Waals surface area contributed by atoms with Crippen molar-refractivity contribution in [1.82, 2.24) is 0 Å². The van der Waals surface area contributed by atoms with E-state index in [2.05, 4.69) is 6.58 Å².